The van der Waals surface area contributed by atoms with E-state index in [9.17, 15) is 0 Å². The molecule has 0 aliphatic rings. The second-order valence-corrected chi connectivity index (χ2v) is 4.17. The molecule has 0 heterocycles. The van der Waals surface area contributed by atoms with Crippen molar-refractivity contribution >= 4 is 6.08 Å². The van der Waals surface area contributed by atoms with Crippen LogP contribution in [-0.2, 0) is 0 Å². The zero-order chi connectivity index (χ0) is 14.2. The Morgan fingerprint density at radius 1 is 0.850 bits per heavy atom. The Kier molecular flexibility index (Phi) is 5.07. The Labute approximate surface area is 119 Å². The number of benzene rings is 2. The van der Waals surface area contributed by atoms with Gasteiger partial charge >= 0.3 is 0 Å². The maximum Gasteiger partial charge on any atom is 0.123 e. The van der Waals surface area contributed by atoms with Gasteiger partial charge in [-0.3, -0.25) is 0 Å². The van der Waals surface area contributed by atoms with Crippen molar-refractivity contribution in [3.63, 3.8) is 0 Å². The number of hydrogen-bond acceptors (Lipinski definition) is 3. The van der Waals surface area contributed by atoms with E-state index in [2.05, 4.69) is 0 Å². The summed E-state index contributed by atoms with van der Waals surface area (Å²) in [5.74, 6) is 2.40. The lowest BCUT2D eigenvalue weighted by molar-refractivity contribution is 0.363. The molecule has 20 heavy (non-hydrogen) atoms. The van der Waals surface area contributed by atoms with Gasteiger partial charge in [-0.25, -0.2) is 0 Å². The normalized spacial score (nSPS) is 10.5. The minimum atomic E-state index is 0.517. The Bertz CT molecular complexity index is 539. The van der Waals surface area contributed by atoms with Gasteiger partial charge in [0.15, 0.2) is 0 Å². The van der Waals surface area contributed by atoms with E-state index >= 15 is 0 Å². The molecule has 0 saturated carbocycles. The van der Waals surface area contributed by atoms with Crippen molar-refractivity contribution in [2.75, 3.05) is 20.8 Å². The molecule has 0 atom stereocenters. The van der Waals surface area contributed by atoms with Crippen molar-refractivity contribution in [1.29, 1.82) is 0 Å². The van der Waals surface area contributed by atoms with Gasteiger partial charge in [-0.1, -0.05) is 24.3 Å². The molecule has 0 aliphatic carbocycles. The molecular weight excluding hydrogens is 252 g/mol. The molecule has 2 aromatic rings. The molecule has 0 unspecified atom stereocenters. The van der Waals surface area contributed by atoms with Gasteiger partial charge in [0.2, 0.25) is 0 Å². The molecule has 0 fully saturated rings. The zero-order valence-electron chi connectivity index (χ0n) is 11.7. The predicted octanol–water partition coefficient (Wildman–Crippen LogP) is 3.80. The van der Waals surface area contributed by atoms with Crippen molar-refractivity contribution in [3.05, 3.63) is 60.2 Å². The monoisotopic (exact) mass is 270 g/mol. The molecule has 2 aromatic carbocycles. The van der Waals surface area contributed by atoms with E-state index in [1.807, 2.05) is 60.7 Å². The molecule has 104 valence electrons. The summed E-state index contributed by atoms with van der Waals surface area (Å²) in [6.45, 7) is 0.517. The number of methoxy groups -OCH3 is 2. The minimum Gasteiger partial charge on any atom is -0.497 e. The van der Waals surface area contributed by atoms with Gasteiger partial charge < -0.3 is 14.2 Å². The smallest absolute Gasteiger partial charge is 0.123 e. The first kappa shape index (κ1) is 14.0. The number of ether oxygens (including phenoxy) is 3. The Balaban J connectivity index is 1.97. The van der Waals surface area contributed by atoms with E-state index < -0.39 is 0 Å². The van der Waals surface area contributed by atoms with Crippen LogP contribution in [0.4, 0.5) is 0 Å². The summed E-state index contributed by atoms with van der Waals surface area (Å²) in [4.78, 5) is 0. The molecule has 3 heteroatoms. The summed E-state index contributed by atoms with van der Waals surface area (Å²) >= 11 is 0. The van der Waals surface area contributed by atoms with E-state index in [4.69, 9.17) is 14.2 Å². The van der Waals surface area contributed by atoms with Gasteiger partial charge in [0, 0.05) is 6.07 Å². The minimum absolute atomic E-state index is 0.517. The standard InChI is InChI=1S/C17H18O3/c1-18-16-11-14(12-17(13-16)19-2)7-6-10-20-15-8-4-3-5-9-15/h3-9,11-13H,10H2,1-2H3/b7-6+. The van der Waals surface area contributed by atoms with Gasteiger partial charge in [0.1, 0.15) is 23.9 Å². The third-order valence-electron chi connectivity index (χ3n) is 2.77. The highest BCUT2D eigenvalue weighted by atomic mass is 16.5. The van der Waals surface area contributed by atoms with E-state index in [-0.39, 0.29) is 0 Å². The van der Waals surface area contributed by atoms with E-state index in [0.717, 1.165) is 22.8 Å². The fourth-order valence-corrected chi connectivity index (χ4v) is 1.77. The van der Waals surface area contributed by atoms with Crippen LogP contribution in [-0.4, -0.2) is 20.8 Å². The SMILES string of the molecule is COc1cc(/C=C/COc2ccccc2)cc(OC)c1. The second kappa shape index (κ2) is 7.24. The molecule has 3 nitrogen and oxygen atoms in total. The Morgan fingerprint density at radius 2 is 1.50 bits per heavy atom. The van der Waals surface area contributed by atoms with Crippen molar-refractivity contribution < 1.29 is 14.2 Å². The average Bonchev–Trinajstić information content (AvgIpc) is 2.52. The van der Waals surface area contributed by atoms with Crippen molar-refractivity contribution in [2.24, 2.45) is 0 Å². The molecule has 0 spiro atoms. The highest BCUT2D eigenvalue weighted by Crippen LogP contribution is 2.23. The summed E-state index contributed by atoms with van der Waals surface area (Å²) in [7, 11) is 3.28. The van der Waals surface area contributed by atoms with Crippen LogP contribution in [0.3, 0.4) is 0 Å². The van der Waals surface area contributed by atoms with Crippen molar-refractivity contribution in [3.8, 4) is 17.2 Å². The van der Waals surface area contributed by atoms with E-state index in [0.29, 0.717) is 6.61 Å². The second-order valence-electron chi connectivity index (χ2n) is 4.17. The first-order valence-corrected chi connectivity index (χ1v) is 6.39. The quantitative estimate of drug-likeness (QED) is 0.799. The average molecular weight is 270 g/mol. The van der Waals surface area contributed by atoms with Crippen LogP contribution < -0.4 is 14.2 Å². The maximum atomic E-state index is 5.59. The molecule has 0 aliphatic heterocycles. The van der Waals surface area contributed by atoms with Gasteiger partial charge in [0.05, 0.1) is 14.2 Å². The molecule has 0 saturated heterocycles. The lowest BCUT2D eigenvalue weighted by Gasteiger charge is -2.06. The Morgan fingerprint density at radius 3 is 2.10 bits per heavy atom. The predicted molar refractivity (Wildman–Crippen MR) is 80.5 cm³/mol. The molecular formula is C17H18O3. The van der Waals surface area contributed by atoms with Crippen LogP contribution in [0.25, 0.3) is 6.08 Å². The summed E-state index contributed by atoms with van der Waals surface area (Å²) < 4.78 is 16.0. The van der Waals surface area contributed by atoms with Crippen LogP contribution in [0.1, 0.15) is 5.56 Å². The van der Waals surface area contributed by atoms with Crippen molar-refractivity contribution in [1.82, 2.24) is 0 Å². The van der Waals surface area contributed by atoms with Crippen LogP contribution in [0.2, 0.25) is 0 Å². The lowest BCUT2D eigenvalue weighted by atomic mass is 10.2. The van der Waals surface area contributed by atoms with Crippen LogP contribution in [0.5, 0.6) is 17.2 Å². The van der Waals surface area contributed by atoms with Crippen LogP contribution >= 0.6 is 0 Å². The molecule has 0 amide bonds. The third kappa shape index (κ3) is 4.05. The highest BCUT2D eigenvalue weighted by molar-refractivity contribution is 5.55. The van der Waals surface area contributed by atoms with Gasteiger partial charge in [-0.2, -0.15) is 0 Å². The van der Waals surface area contributed by atoms with Gasteiger partial charge in [-0.15, -0.1) is 0 Å². The van der Waals surface area contributed by atoms with Crippen LogP contribution in [0, 0.1) is 0 Å². The molecule has 0 bridgehead atoms. The first-order chi connectivity index (χ1) is 9.81. The first-order valence-electron chi connectivity index (χ1n) is 6.39. The largest absolute Gasteiger partial charge is 0.497 e. The van der Waals surface area contributed by atoms with Gasteiger partial charge in [-0.05, 0) is 35.9 Å². The summed E-state index contributed by atoms with van der Waals surface area (Å²) in [5.41, 5.74) is 1.01. The molecule has 0 aromatic heterocycles. The fraction of sp³-hybridized carbons (Fsp3) is 0.176. The molecule has 0 radical (unpaired) electrons. The fourth-order valence-electron chi connectivity index (χ4n) is 1.77. The topological polar surface area (TPSA) is 27.7 Å². The van der Waals surface area contributed by atoms with Crippen LogP contribution in [0.15, 0.2) is 54.6 Å². The summed E-state index contributed by atoms with van der Waals surface area (Å²) in [6, 6.07) is 15.5. The molecule has 2 rings (SSSR count). The number of hydrogen-bond donors (Lipinski definition) is 0. The Hall–Kier alpha value is -2.42. The summed E-state index contributed by atoms with van der Waals surface area (Å²) in [5, 5.41) is 0. The molecule has 0 N–H and O–H groups in total. The maximum absolute atomic E-state index is 5.59. The lowest BCUT2D eigenvalue weighted by Crippen LogP contribution is -1.92. The third-order valence-corrected chi connectivity index (χ3v) is 2.77. The highest BCUT2D eigenvalue weighted by Gasteiger charge is 1.99. The van der Waals surface area contributed by atoms with E-state index in [1.165, 1.54) is 0 Å². The summed E-state index contributed by atoms with van der Waals surface area (Å²) in [6.07, 6.45) is 3.94. The van der Waals surface area contributed by atoms with E-state index in [1.54, 1.807) is 14.2 Å². The van der Waals surface area contributed by atoms with Gasteiger partial charge in [0.25, 0.3) is 0 Å². The zero-order valence-corrected chi connectivity index (χ0v) is 11.7. The van der Waals surface area contributed by atoms with Crippen molar-refractivity contribution in [2.45, 2.75) is 0 Å². The number of rotatable bonds is 6. The number of para-hydroxylation sites is 1.